The van der Waals surface area contributed by atoms with Crippen LogP contribution in [0.4, 0.5) is 13.2 Å². The molecule has 1 fully saturated rings. The summed E-state index contributed by atoms with van der Waals surface area (Å²) in [5, 5.41) is 0. The minimum absolute atomic E-state index is 0.374. The molecule has 0 N–H and O–H groups in total. The minimum atomic E-state index is -4.28. The predicted molar refractivity (Wildman–Crippen MR) is 73.6 cm³/mol. The molecule has 1 aromatic carbocycles. The van der Waals surface area contributed by atoms with E-state index in [1.165, 1.54) is 6.07 Å². The van der Waals surface area contributed by atoms with Crippen LogP contribution >= 0.6 is 0 Å². The number of nitrogens with zero attached hydrogens (tertiary/aromatic N) is 2. The topological polar surface area (TPSA) is 6.48 Å². The fourth-order valence-corrected chi connectivity index (χ4v) is 2.71. The number of rotatable bonds is 3. The smallest absolute Gasteiger partial charge is 0.305 e. The lowest BCUT2D eigenvalue weighted by Crippen LogP contribution is -2.31. The van der Waals surface area contributed by atoms with Crippen molar-refractivity contribution in [2.45, 2.75) is 32.1 Å². The zero-order valence-corrected chi connectivity index (χ0v) is 12.2. The van der Waals surface area contributed by atoms with Crippen molar-refractivity contribution >= 4 is 0 Å². The van der Waals surface area contributed by atoms with Crippen LogP contribution in [-0.4, -0.2) is 43.0 Å². The van der Waals surface area contributed by atoms with Crippen molar-refractivity contribution in [2.75, 3.05) is 27.2 Å². The Hall–Kier alpha value is -1.07. The zero-order chi connectivity index (χ0) is 14.9. The molecule has 1 aliphatic heterocycles. The average molecular weight is 286 g/mol. The normalized spacial score (nSPS) is 20.9. The number of aryl methyl sites for hydroxylation is 1. The maximum atomic E-state index is 13.1. The van der Waals surface area contributed by atoms with Crippen LogP contribution < -0.4 is 0 Å². The second-order valence-corrected chi connectivity index (χ2v) is 5.80. The highest BCUT2D eigenvalue weighted by molar-refractivity contribution is 5.33. The summed E-state index contributed by atoms with van der Waals surface area (Å²) in [6, 6.07) is 5.05. The molecular formula is C15H21F3N2. The molecule has 0 radical (unpaired) electrons. The summed E-state index contributed by atoms with van der Waals surface area (Å²) in [5.74, 6) is 0. The monoisotopic (exact) mass is 286 g/mol. The fourth-order valence-electron chi connectivity index (χ4n) is 2.71. The molecule has 0 unspecified atom stereocenters. The van der Waals surface area contributed by atoms with E-state index in [0.717, 1.165) is 19.5 Å². The summed E-state index contributed by atoms with van der Waals surface area (Å²) in [7, 11) is 4.03. The largest absolute Gasteiger partial charge is 0.416 e. The molecule has 1 aromatic rings. The van der Waals surface area contributed by atoms with Crippen molar-refractivity contribution < 1.29 is 13.2 Å². The number of alkyl halides is 3. The van der Waals surface area contributed by atoms with Crippen molar-refractivity contribution in [3.05, 3.63) is 34.9 Å². The van der Waals surface area contributed by atoms with Gasteiger partial charge in [-0.2, -0.15) is 13.2 Å². The Kier molecular flexibility index (Phi) is 4.39. The molecule has 1 aliphatic rings. The second-order valence-electron chi connectivity index (χ2n) is 5.80. The lowest BCUT2D eigenvalue weighted by atomic mass is 10.0. The molecule has 0 saturated carbocycles. The average Bonchev–Trinajstić information content (AvgIpc) is 2.79. The van der Waals surface area contributed by atoms with E-state index in [1.54, 1.807) is 19.1 Å². The first kappa shape index (κ1) is 15.3. The number of hydrogen-bond acceptors (Lipinski definition) is 2. The molecule has 2 rings (SSSR count). The highest BCUT2D eigenvalue weighted by Crippen LogP contribution is 2.33. The Morgan fingerprint density at radius 3 is 2.55 bits per heavy atom. The lowest BCUT2D eigenvalue weighted by Gasteiger charge is -2.22. The third-order valence-electron chi connectivity index (χ3n) is 3.94. The van der Waals surface area contributed by atoms with Gasteiger partial charge in [-0.15, -0.1) is 0 Å². The molecule has 0 bridgehead atoms. The Morgan fingerprint density at radius 1 is 1.30 bits per heavy atom. The van der Waals surface area contributed by atoms with Gasteiger partial charge in [-0.25, -0.2) is 0 Å². The van der Waals surface area contributed by atoms with Gasteiger partial charge in [0.1, 0.15) is 0 Å². The van der Waals surface area contributed by atoms with Gasteiger partial charge in [-0.3, -0.25) is 4.90 Å². The third kappa shape index (κ3) is 3.52. The van der Waals surface area contributed by atoms with Gasteiger partial charge in [0.15, 0.2) is 0 Å². The SMILES string of the molecule is Cc1ccc(CN2CC[C@H](N(C)C)C2)c(C(F)(F)F)c1. The fraction of sp³-hybridized carbons (Fsp3) is 0.600. The summed E-state index contributed by atoms with van der Waals surface area (Å²) >= 11 is 0. The first-order valence-electron chi connectivity index (χ1n) is 6.83. The van der Waals surface area contributed by atoms with Crippen molar-refractivity contribution in [3.8, 4) is 0 Å². The van der Waals surface area contributed by atoms with Crippen molar-refractivity contribution in [2.24, 2.45) is 0 Å². The molecule has 0 amide bonds. The van der Waals surface area contributed by atoms with E-state index in [2.05, 4.69) is 9.80 Å². The van der Waals surface area contributed by atoms with E-state index in [9.17, 15) is 13.2 Å². The molecule has 0 aliphatic carbocycles. The van der Waals surface area contributed by atoms with Gasteiger partial charge >= 0.3 is 6.18 Å². The van der Waals surface area contributed by atoms with E-state index < -0.39 is 11.7 Å². The van der Waals surface area contributed by atoms with Crippen LogP contribution in [0.15, 0.2) is 18.2 Å². The molecule has 0 spiro atoms. The second kappa shape index (κ2) is 5.74. The molecular weight excluding hydrogens is 265 g/mol. The molecule has 112 valence electrons. The van der Waals surface area contributed by atoms with Gasteiger partial charge < -0.3 is 4.90 Å². The Labute approximate surface area is 118 Å². The van der Waals surface area contributed by atoms with Crippen LogP contribution in [0, 0.1) is 6.92 Å². The third-order valence-corrected chi connectivity index (χ3v) is 3.94. The summed E-state index contributed by atoms with van der Waals surface area (Å²) in [6.07, 6.45) is -3.26. The number of benzene rings is 1. The number of halogens is 3. The number of hydrogen-bond donors (Lipinski definition) is 0. The van der Waals surface area contributed by atoms with Crippen molar-refractivity contribution in [1.29, 1.82) is 0 Å². The maximum absolute atomic E-state index is 13.1. The van der Waals surface area contributed by atoms with Gasteiger partial charge in [0, 0.05) is 25.7 Å². The predicted octanol–water partition coefficient (Wildman–Crippen LogP) is 3.15. The quantitative estimate of drug-likeness (QED) is 0.842. The van der Waals surface area contributed by atoms with Crippen LogP contribution in [0.5, 0.6) is 0 Å². The number of likely N-dealkylation sites (tertiary alicyclic amines) is 1. The zero-order valence-electron chi connectivity index (χ0n) is 12.2. The van der Waals surface area contributed by atoms with Crippen LogP contribution in [0.1, 0.15) is 23.1 Å². The Morgan fingerprint density at radius 2 is 2.00 bits per heavy atom. The highest BCUT2D eigenvalue weighted by Gasteiger charge is 2.34. The van der Waals surface area contributed by atoms with Crippen LogP contribution in [0.25, 0.3) is 0 Å². The van der Waals surface area contributed by atoms with Gasteiger partial charge in [-0.1, -0.05) is 17.7 Å². The Balaban J connectivity index is 2.14. The van der Waals surface area contributed by atoms with Gasteiger partial charge in [0.25, 0.3) is 0 Å². The Bertz CT molecular complexity index is 469. The molecule has 1 heterocycles. The highest BCUT2D eigenvalue weighted by atomic mass is 19.4. The van der Waals surface area contributed by atoms with Crippen molar-refractivity contribution in [1.82, 2.24) is 9.80 Å². The lowest BCUT2D eigenvalue weighted by molar-refractivity contribution is -0.138. The van der Waals surface area contributed by atoms with E-state index in [4.69, 9.17) is 0 Å². The van der Waals surface area contributed by atoms with E-state index in [-0.39, 0.29) is 0 Å². The summed E-state index contributed by atoms with van der Waals surface area (Å²) in [4.78, 5) is 4.24. The summed E-state index contributed by atoms with van der Waals surface area (Å²) in [6.45, 7) is 3.75. The molecule has 2 nitrogen and oxygen atoms in total. The maximum Gasteiger partial charge on any atom is 0.416 e. The van der Waals surface area contributed by atoms with Crippen LogP contribution in [0.2, 0.25) is 0 Å². The van der Waals surface area contributed by atoms with Gasteiger partial charge in [0.05, 0.1) is 5.56 Å². The summed E-state index contributed by atoms with van der Waals surface area (Å²) < 4.78 is 39.2. The number of likely N-dealkylation sites (N-methyl/N-ethyl adjacent to an activating group) is 1. The summed E-state index contributed by atoms with van der Waals surface area (Å²) in [5.41, 5.74) is 0.530. The van der Waals surface area contributed by atoms with E-state index >= 15 is 0 Å². The first-order chi connectivity index (χ1) is 9.27. The molecule has 1 saturated heterocycles. The van der Waals surface area contributed by atoms with Crippen LogP contribution in [0.3, 0.4) is 0 Å². The first-order valence-corrected chi connectivity index (χ1v) is 6.83. The standard InChI is InChI=1S/C15H21F3N2/c1-11-4-5-12(14(8-11)15(16,17)18)9-20-7-6-13(10-20)19(2)3/h4-5,8,13H,6-7,9-10H2,1-3H3/t13-/m0/s1. The minimum Gasteiger partial charge on any atom is -0.305 e. The van der Waals surface area contributed by atoms with Crippen molar-refractivity contribution in [3.63, 3.8) is 0 Å². The van der Waals surface area contributed by atoms with E-state index in [0.29, 0.717) is 23.7 Å². The molecule has 5 heteroatoms. The molecule has 20 heavy (non-hydrogen) atoms. The van der Waals surface area contributed by atoms with E-state index in [1.807, 2.05) is 14.1 Å². The van der Waals surface area contributed by atoms with Gasteiger partial charge in [0.2, 0.25) is 0 Å². The van der Waals surface area contributed by atoms with Gasteiger partial charge in [-0.05, 0) is 39.1 Å². The molecule has 1 atom stereocenters. The molecule has 0 aromatic heterocycles. The van der Waals surface area contributed by atoms with Crippen LogP contribution in [-0.2, 0) is 12.7 Å².